The summed E-state index contributed by atoms with van der Waals surface area (Å²) in [5.74, 6) is 1.30. The minimum absolute atomic E-state index is 0.00865. The molecule has 3 rings (SSSR count). The smallest absolute Gasteiger partial charge is 0.256 e. The third-order valence-electron chi connectivity index (χ3n) is 4.87. The Labute approximate surface area is 175 Å². The molecular weight excluding hydrogens is 408 g/mol. The van der Waals surface area contributed by atoms with Crippen molar-refractivity contribution in [1.82, 2.24) is 4.90 Å². The first-order valence-corrected chi connectivity index (χ1v) is 12.2. The van der Waals surface area contributed by atoms with Gasteiger partial charge < -0.3 is 10.2 Å². The summed E-state index contributed by atoms with van der Waals surface area (Å²) in [6.07, 6.45) is 0. The highest BCUT2D eigenvalue weighted by Gasteiger charge is 2.22. The fourth-order valence-corrected chi connectivity index (χ4v) is 5.15. The topological polar surface area (TPSA) is 83.5 Å². The quantitative estimate of drug-likeness (QED) is 0.784. The van der Waals surface area contributed by atoms with E-state index in [2.05, 4.69) is 5.32 Å². The van der Waals surface area contributed by atoms with E-state index in [0.717, 1.165) is 30.2 Å². The molecule has 2 aromatic rings. The van der Waals surface area contributed by atoms with Gasteiger partial charge in [0.15, 0.2) is 9.84 Å². The van der Waals surface area contributed by atoms with Crippen LogP contribution in [0.2, 0.25) is 0 Å². The molecule has 154 valence electrons. The highest BCUT2D eigenvalue weighted by atomic mass is 32.2. The second-order valence-electron chi connectivity index (χ2n) is 6.79. The monoisotopic (exact) mass is 432 g/mol. The number of aryl methyl sites for hydroxylation is 1. The van der Waals surface area contributed by atoms with Crippen LogP contribution in [-0.4, -0.2) is 55.5 Å². The standard InChI is InChI=1S/C21H24N2O4S2/c1-3-29(26,27)19-7-5-4-6-17(19)20(24)22-18-9-8-16(14-15(18)2)21(25)23-10-12-28-13-11-23/h4-9,14H,3,10-13H2,1-2H3,(H,22,24). The van der Waals surface area contributed by atoms with Crippen LogP contribution in [-0.2, 0) is 9.84 Å². The summed E-state index contributed by atoms with van der Waals surface area (Å²) in [5, 5.41) is 2.78. The zero-order valence-corrected chi connectivity index (χ0v) is 18.1. The summed E-state index contributed by atoms with van der Waals surface area (Å²) in [7, 11) is -3.52. The third-order valence-corrected chi connectivity index (χ3v) is 7.60. The summed E-state index contributed by atoms with van der Waals surface area (Å²) in [5.41, 5.74) is 1.98. The van der Waals surface area contributed by atoms with Crippen LogP contribution in [0.15, 0.2) is 47.4 Å². The molecule has 1 heterocycles. The van der Waals surface area contributed by atoms with Gasteiger partial charge in [0.05, 0.1) is 16.2 Å². The van der Waals surface area contributed by atoms with Crippen molar-refractivity contribution in [1.29, 1.82) is 0 Å². The average molecular weight is 433 g/mol. The van der Waals surface area contributed by atoms with Crippen molar-refractivity contribution in [2.45, 2.75) is 18.7 Å². The molecule has 2 aromatic carbocycles. The maximum atomic E-state index is 12.8. The van der Waals surface area contributed by atoms with Crippen molar-refractivity contribution in [3.63, 3.8) is 0 Å². The summed E-state index contributed by atoms with van der Waals surface area (Å²) in [6, 6.07) is 11.3. The Hall–Kier alpha value is -2.32. The number of nitrogens with one attached hydrogen (secondary N) is 1. The number of benzene rings is 2. The number of nitrogens with zero attached hydrogens (tertiary/aromatic N) is 1. The van der Waals surface area contributed by atoms with Crippen LogP contribution in [0.5, 0.6) is 0 Å². The fourth-order valence-electron chi connectivity index (χ4n) is 3.16. The second-order valence-corrected chi connectivity index (χ2v) is 10.3. The van der Waals surface area contributed by atoms with Crippen LogP contribution in [0.1, 0.15) is 33.2 Å². The van der Waals surface area contributed by atoms with Gasteiger partial charge in [-0.1, -0.05) is 19.1 Å². The van der Waals surface area contributed by atoms with E-state index in [-0.39, 0.29) is 22.1 Å². The molecule has 1 aliphatic rings. The van der Waals surface area contributed by atoms with Gasteiger partial charge in [-0.3, -0.25) is 9.59 Å². The molecule has 0 atom stereocenters. The molecular formula is C21H24N2O4S2. The molecule has 0 saturated carbocycles. The van der Waals surface area contributed by atoms with E-state index in [0.29, 0.717) is 11.3 Å². The molecule has 0 spiro atoms. The molecule has 0 bridgehead atoms. The zero-order valence-electron chi connectivity index (χ0n) is 16.5. The van der Waals surface area contributed by atoms with E-state index >= 15 is 0 Å². The molecule has 0 aromatic heterocycles. The van der Waals surface area contributed by atoms with Crippen molar-refractivity contribution in [3.05, 3.63) is 59.2 Å². The molecule has 1 aliphatic heterocycles. The van der Waals surface area contributed by atoms with E-state index in [1.807, 2.05) is 23.6 Å². The van der Waals surface area contributed by atoms with Gasteiger partial charge in [0.2, 0.25) is 0 Å². The minimum Gasteiger partial charge on any atom is -0.337 e. The maximum Gasteiger partial charge on any atom is 0.256 e. The van der Waals surface area contributed by atoms with Crippen LogP contribution in [0.3, 0.4) is 0 Å². The van der Waals surface area contributed by atoms with Gasteiger partial charge in [0.25, 0.3) is 11.8 Å². The van der Waals surface area contributed by atoms with Gasteiger partial charge in [0, 0.05) is 35.8 Å². The highest BCUT2D eigenvalue weighted by Crippen LogP contribution is 2.22. The van der Waals surface area contributed by atoms with Gasteiger partial charge in [-0.25, -0.2) is 8.42 Å². The number of thioether (sulfide) groups is 1. The molecule has 6 nitrogen and oxygen atoms in total. The number of sulfone groups is 1. The van der Waals surface area contributed by atoms with E-state index in [1.54, 1.807) is 37.3 Å². The van der Waals surface area contributed by atoms with E-state index in [9.17, 15) is 18.0 Å². The first-order valence-electron chi connectivity index (χ1n) is 9.44. The molecule has 1 saturated heterocycles. The Morgan fingerprint density at radius 2 is 1.79 bits per heavy atom. The van der Waals surface area contributed by atoms with E-state index < -0.39 is 15.7 Å². The van der Waals surface area contributed by atoms with Gasteiger partial charge in [-0.15, -0.1) is 0 Å². The van der Waals surface area contributed by atoms with Crippen molar-refractivity contribution >= 4 is 39.1 Å². The molecule has 0 aliphatic carbocycles. The van der Waals surface area contributed by atoms with E-state index in [1.165, 1.54) is 12.1 Å². The lowest BCUT2D eigenvalue weighted by Crippen LogP contribution is -2.37. The summed E-state index contributed by atoms with van der Waals surface area (Å²) in [6.45, 7) is 4.84. The lowest BCUT2D eigenvalue weighted by atomic mass is 10.1. The molecule has 2 amide bonds. The Morgan fingerprint density at radius 1 is 1.10 bits per heavy atom. The highest BCUT2D eigenvalue weighted by molar-refractivity contribution is 7.99. The Morgan fingerprint density at radius 3 is 2.45 bits per heavy atom. The van der Waals surface area contributed by atoms with Gasteiger partial charge in [-0.05, 0) is 42.8 Å². The second kappa shape index (κ2) is 9.00. The predicted molar refractivity (Wildman–Crippen MR) is 117 cm³/mol. The Kier molecular flexibility index (Phi) is 6.64. The first-order chi connectivity index (χ1) is 13.8. The number of rotatable bonds is 5. The van der Waals surface area contributed by atoms with Crippen LogP contribution in [0.25, 0.3) is 0 Å². The minimum atomic E-state index is -3.52. The van der Waals surface area contributed by atoms with Crippen molar-refractivity contribution < 1.29 is 18.0 Å². The Bertz CT molecular complexity index is 1030. The zero-order chi connectivity index (χ0) is 21.0. The molecule has 0 unspecified atom stereocenters. The maximum absolute atomic E-state index is 12.8. The van der Waals surface area contributed by atoms with Crippen LogP contribution < -0.4 is 5.32 Å². The van der Waals surface area contributed by atoms with Crippen LogP contribution >= 0.6 is 11.8 Å². The van der Waals surface area contributed by atoms with Gasteiger partial charge >= 0.3 is 0 Å². The van der Waals surface area contributed by atoms with Gasteiger partial charge in [-0.2, -0.15) is 11.8 Å². The number of hydrogen-bond donors (Lipinski definition) is 1. The van der Waals surface area contributed by atoms with Crippen molar-refractivity contribution in [2.75, 3.05) is 35.7 Å². The molecule has 1 fully saturated rings. The van der Waals surface area contributed by atoms with Crippen LogP contribution in [0.4, 0.5) is 5.69 Å². The number of amides is 2. The largest absolute Gasteiger partial charge is 0.337 e. The lowest BCUT2D eigenvalue weighted by Gasteiger charge is -2.26. The number of carbonyl (C=O) groups excluding carboxylic acids is 2. The molecule has 1 N–H and O–H groups in total. The Balaban J connectivity index is 1.81. The van der Waals surface area contributed by atoms with Crippen LogP contribution in [0, 0.1) is 6.92 Å². The molecule has 29 heavy (non-hydrogen) atoms. The summed E-state index contributed by atoms with van der Waals surface area (Å²) in [4.78, 5) is 27.3. The van der Waals surface area contributed by atoms with Crippen molar-refractivity contribution in [3.8, 4) is 0 Å². The number of anilines is 1. The summed E-state index contributed by atoms with van der Waals surface area (Å²) < 4.78 is 24.6. The normalized spacial score (nSPS) is 14.5. The number of carbonyl (C=O) groups is 2. The fraction of sp³-hybridized carbons (Fsp3) is 0.333. The number of hydrogen-bond acceptors (Lipinski definition) is 5. The van der Waals surface area contributed by atoms with Crippen molar-refractivity contribution in [2.24, 2.45) is 0 Å². The molecule has 8 heteroatoms. The van der Waals surface area contributed by atoms with Gasteiger partial charge in [0.1, 0.15) is 0 Å². The predicted octanol–water partition coefficient (Wildman–Crippen LogP) is 3.23. The SMILES string of the molecule is CCS(=O)(=O)c1ccccc1C(=O)Nc1ccc(C(=O)N2CCSCC2)cc1C. The summed E-state index contributed by atoms with van der Waals surface area (Å²) >= 11 is 1.84. The lowest BCUT2D eigenvalue weighted by molar-refractivity contribution is 0.0772. The third kappa shape index (κ3) is 4.82. The van der Waals surface area contributed by atoms with E-state index in [4.69, 9.17) is 0 Å². The molecule has 0 radical (unpaired) electrons. The first kappa shape index (κ1) is 21.4. The average Bonchev–Trinajstić information content (AvgIpc) is 2.75.